The maximum absolute atomic E-state index is 3.57. The molecule has 1 aromatic heterocycles. The van der Waals surface area contributed by atoms with Gasteiger partial charge in [0.05, 0.1) is 0 Å². The lowest BCUT2D eigenvalue weighted by Gasteiger charge is -2.34. The zero-order chi connectivity index (χ0) is 14.3. The van der Waals surface area contributed by atoms with Gasteiger partial charge in [0.25, 0.3) is 0 Å². The first kappa shape index (κ1) is 15.3. The normalized spacial score (nSPS) is 14.1. The molecular formula is C18H25NS. The summed E-state index contributed by atoms with van der Waals surface area (Å²) < 4.78 is 0. The van der Waals surface area contributed by atoms with E-state index >= 15 is 0 Å². The van der Waals surface area contributed by atoms with Gasteiger partial charge in [0.2, 0.25) is 0 Å². The van der Waals surface area contributed by atoms with Gasteiger partial charge in [-0.1, -0.05) is 50.2 Å². The number of likely N-dealkylation sites (N-methyl/N-ethyl adjacent to an activating group) is 1. The molecule has 0 aliphatic carbocycles. The van der Waals surface area contributed by atoms with Gasteiger partial charge >= 0.3 is 0 Å². The number of hydrogen-bond acceptors (Lipinski definition) is 2. The molecule has 0 radical (unpaired) electrons. The number of hydrogen-bond donors (Lipinski definition) is 1. The third-order valence-corrected chi connectivity index (χ3v) is 5.14. The summed E-state index contributed by atoms with van der Waals surface area (Å²) >= 11 is 1.87. The Bertz CT molecular complexity index is 477. The molecule has 0 aliphatic heterocycles. The molecule has 0 bridgehead atoms. The molecule has 0 fully saturated rings. The fourth-order valence-electron chi connectivity index (χ4n) is 2.81. The molecule has 2 aromatic rings. The van der Waals surface area contributed by atoms with Crippen molar-refractivity contribution < 1.29 is 0 Å². The van der Waals surface area contributed by atoms with Crippen molar-refractivity contribution in [2.75, 3.05) is 13.1 Å². The molecular weight excluding hydrogens is 262 g/mol. The Morgan fingerprint density at radius 2 is 1.85 bits per heavy atom. The summed E-state index contributed by atoms with van der Waals surface area (Å²) in [6, 6.07) is 15.4. The zero-order valence-electron chi connectivity index (χ0n) is 12.6. The second-order valence-electron chi connectivity index (χ2n) is 5.36. The molecule has 0 saturated carbocycles. The summed E-state index contributed by atoms with van der Waals surface area (Å²) in [5.41, 5.74) is 1.72. The Labute approximate surface area is 127 Å². The Balaban J connectivity index is 2.17. The summed E-state index contributed by atoms with van der Waals surface area (Å²) in [7, 11) is 0. The van der Waals surface area contributed by atoms with Crippen LogP contribution < -0.4 is 5.32 Å². The van der Waals surface area contributed by atoms with Crippen molar-refractivity contribution in [2.24, 2.45) is 0 Å². The van der Waals surface area contributed by atoms with Crippen molar-refractivity contribution in [3.05, 3.63) is 58.3 Å². The number of benzene rings is 1. The number of thiophene rings is 1. The molecule has 20 heavy (non-hydrogen) atoms. The quantitative estimate of drug-likeness (QED) is 0.746. The van der Waals surface area contributed by atoms with Crippen LogP contribution >= 0.6 is 11.3 Å². The van der Waals surface area contributed by atoms with E-state index in [1.54, 1.807) is 0 Å². The lowest BCUT2D eigenvalue weighted by atomic mass is 9.74. The zero-order valence-corrected chi connectivity index (χ0v) is 13.4. The van der Waals surface area contributed by atoms with Gasteiger partial charge in [0.15, 0.2) is 0 Å². The van der Waals surface area contributed by atoms with E-state index in [2.05, 4.69) is 67.0 Å². The van der Waals surface area contributed by atoms with Gasteiger partial charge in [-0.25, -0.2) is 0 Å². The van der Waals surface area contributed by atoms with Crippen LogP contribution in [-0.4, -0.2) is 13.1 Å². The molecule has 2 heteroatoms. The first-order valence-corrected chi connectivity index (χ1v) is 8.47. The van der Waals surface area contributed by atoms with Crippen LogP contribution in [0.1, 0.15) is 37.1 Å². The molecule has 0 spiro atoms. The molecule has 108 valence electrons. The van der Waals surface area contributed by atoms with Gasteiger partial charge < -0.3 is 5.32 Å². The molecule has 1 heterocycles. The van der Waals surface area contributed by atoms with Crippen LogP contribution in [0.4, 0.5) is 0 Å². The Hall–Kier alpha value is -1.12. The van der Waals surface area contributed by atoms with Crippen molar-refractivity contribution >= 4 is 11.3 Å². The van der Waals surface area contributed by atoms with Gasteiger partial charge in [0.1, 0.15) is 0 Å². The smallest absolute Gasteiger partial charge is 0.00786 e. The molecule has 2 rings (SSSR count). The molecule has 0 aliphatic rings. The molecule has 1 atom stereocenters. The minimum atomic E-state index is 0.251. The van der Waals surface area contributed by atoms with E-state index in [0.717, 1.165) is 13.1 Å². The first-order chi connectivity index (χ1) is 9.80. The van der Waals surface area contributed by atoms with Crippen molar-refractivity contribution in [1.82, 2.24) is 5.32 Å². The lowest BCUT2D eigenvalue weighted by molar-refractivity contribution is 0.359. The second-order valence-corrected chi connectivity index (χ2v) is 6.39. The summed E-state index contributed by atoms with van der Waals surface area (Å²) in [4.78, 5) is 1.50. The summed E-state index contributed by atoms with van der Waals surface area (Å²) in [6.45, 7) is 6.60. The highest BCUT2D eigenvalue weighted by Crippen LogP contribution is 2.33. The van der Waals surface area contributed by atoms with E-state index in [4.69, 9.17) is 0 Å². The van der Waals surface area contributed by atoms with Gasteiger partial charge in [-0.2, -0.15) is 0 Å². The molecule has 1 nitrogen and oxygen atoms in total. The van der Waals surface area contributed by atoms with Crippen LogP contribution in [0.15, 0.2) is 47.8 Å². The van der Waals surface area contributed by atoms with E-state index in [0.29, 0.717) is 0 Å². The van der Waals surface area contributed by atoms with E-state index in [-0.39, 0.29) is 5.41 Å². The van der Waals surface area contributed by atoms with Gasteiger partial charge in [-0.3, -0.25) is 0 Å². The highest BCUT2D eigenvalue weighted by atomic mass is 32.1. The largest absolute Gasteiger partial charge is 0.316 e. The second kappa shape index (κ2) is 7.61. The predicted octanol–water partition coefficient (Wildman–Crippen LogP) is 4.64. The Morgan fingerprint density at radius 3 is 2.45 bits per heavy atom. The molecule has 0 amide bonds. The van der Waals surface area contributed by atoms with Crippen molar-refractivity contribution in [3.63, 3.8) is 0 Å². The summed E-state index contributed by atoms with van der Waals surface area (Å²) in [6.07, 6.45) is 3.56. The molecule has 1 unspecified atom stereocenters. The molecule has 1 aromatic carbocycles. The average Bonchev–Trinajstić information content (AvgIpc) is 3.02. The van der Waals surface area contributed by atoms with E-state index in [1.807, 2.05) is 11.3 Å². The number of rotatable bonds is 8. The Morgan fingerprint density at radius 1 is 1.05 bits per heavy atom. The fourth-order valence-corrected chi connectivity index (χ4v) is 3.52. The van der Waals surface area contributed by atoms with Crippen molar-refractivity contribution in [1.29, 1.82) is 0 Å². The summed E-state index contributed by atoms with van der Waals surface area (Å²) in [5, 5.41) is 5.75. The van der Waals surface area contributed by atoms with E-state index in [9.17, 15) is 0 Å². The van der Waals surface area contributed by atoms with E-state index in [1.165, 1.54) is 29.7 Å². The van der Waals surface area contributed by atoms with Crippen LogP contribution in [0.3, 0.4) is 0 Å². The maximum Gasteiger partial charge on any atom is 0.00786 e. The topological polar surface area (TPSA) is 12.0 Å². The molecule has 0 saturated heterocycles. The van der Waals surface area contributed by atoms with Crippen LogP contribution in [-0.2, 0) is 11.8 Å². The SMILES string of the molecule is CCNCC(CC)(CCc1cccs1)c1ccccc1. The number of aryl methyl sites for hydroxylation is 1. The fraction of sp³-hybridized carbons (Fsp3) is 0.444. The monoisotopic (exact) mass is 287 g/mol. The van der Waals surface area contributed by atoms with Crippen LogP contribution in [0.5, 0.6) is 0 Å². The minimum Gasteiger partial charge on any atom is -0.316 e. The first-order valence-electron chi connectivity index (χ1n) is 7.59. The standard InChI is InChI=1S/C18H25NS/c1-3-18(15-19-4-2,16-9-6-5-7-10-16)13-12-17-11-8-14-20-17/h5-11,14,19H,3-4,12-13,15H2,1-2H3. The highest BCUT2D eigenvalue weighted by molar-refractivity contribution is 7.09. The Kier molecular flexibility index (Phi) is 5.81. The van der Waals surface area contributed by atoms with Gasteiger partial charge in [-0.15, -0.1) is 11.3 Å². The minimum absolute atomic E-state index is 0.251. The van der Waals surface area contributed by atoms with E-state index < -0.39 is 0 Å². The van der Waals surface area contributed by atoms with Crippen LogP contribution in [0.25, 0.3) is 0 Å². The third-order valence-electron chi connectivity index (χ3n) is 4.21. The van der Waals surface area contributed by atoms with Gasteiger partial charge in [0, 0.05) is 16.8 Å². The van der Waals surface area contributed by atoms with Crippen molar-refractivity contribution in [3.8, 4) is 0 Å². The van der Waals surface area contributed by atoms with Crippen molar-refractivity contribution in [2.45, 2.75) is 38.5 Å². The van der Waals surface area contributed by atoms with Gasteiger partial charge in [-0.05, 0) is 42.8 Å². The van der Waals surface area contributed by atoms with Crippen LogP contribution in [0, 0.1) is 0 Å². The average molecular weight is 287 g/mol. The lowest BCUT2D eigenvalue weighted by Crippen LogP contribution is -2.38. The van der Waals surface area contributed by atoms with Crippen LogP contribution in [0.2, 0.25) is 0 Å². The molecule has 1 N–H and O–H groups in total. The highest BCUT2D eigenvalue weighted by Gasteiger charge is 2.29. The third kappa shape index (κ3) is 3.71. The maximum atomic E-state index is 3.57. The predicted molar refractivity (Wildman–Crippen MR) is 89.6 cm³/mol. The summed E-state index contributed by atoms with van der Waals surface area (Å²) in [5.74, 6) is 0. The number of nitrogens with one attached hydrogen (secondary N) is 1.